The van der Waals surface area contributed by atoms with Crippen molar-refractivity contribution in [1.82, 2.24) is 15.3 Å². The average Bonchev–Trinajstić information content (AvgIpc) is 2.51. The van der Waals surface area contributed by atoms with Crippen LogP contribution >= 0.6 is 0 Å². The fourth-order valence-electron chi connectivity index (χ4n) is 2.79. The van der Waals surface area contributed by atoms with Crippen LogP contribution in [0.2, 0.25) is 0 Å². The Morgan fingerprint density at radius 2 is 2.00 bits per heavy atom. The number of aromatic nitrogens is 2. The van der Waals surface area contributed by atoms with Gasteiger partial charge in [0.1, 0.15) is 0 Å². The zero-order valence-electron chi connectivity index (χ0n) is 12.3. The van der Waals surface area contributed by atoms with Crippen molar-refractivity contribution in [2.75, 3.05) is 0 Å². The summed E-state index contributed by atoms with van der Waals surface area (Å²) in [7, 11) is 0. The molecule has 5 heteroatoms. The highest BCUT2D eigenvalue weighted by molar-refractivity contribution is 5.68. The Balaban J connectivity index is 1.63. The van der Waals surface area contributed by atoms with Crippen molar-refractivity contribution in [3.63, 3.8) is 0 Å². The van der Waals surface area contributed by atoms with Gasteiger partial charge in [0.2, 0.25) is 0 Å². The van der Waals surface area contributed by atoms with Crippen LogP contribution in [0.1, 0.15) is 31.2 Å². The third-order valence-electron chi connectivity index (χ3n) is 4.22. The third-order valence-corrected chi connectivity index (χ3v) is 4.22. The molecule has 0 unspecified atom stereocenters. The summed E-state index contributed by atoms with van der Waals surface area (Å²) in [6, 6.07) is 9.70. The van der Waals surface area contributed by atoms with E-state index in [1.165, 1.54) is 0 Å². The van der Waals surface area contributed by atoms with Crippen molar-refractivity contribution < 1.29 is 9.90 Å². The van der Waals surface area contributed by atoms with E-state index < -0.39 is 5.97 Å². The van der Waals surface area contributed by atoms with Crippen LogP contribution < -0.4 is 5.32 Å². The van der Waals surface area contributed by atoms with Crippen LogP contribution in [-0.2, 0) is 11.3 Å². The number of aliphatic carboxylic acids is 1. The van der Waals surface area contributed by atoms with Gasteiger partial charge >= 0.3 is 5.97 Å². The molecule has 0 atom stereocenters. The minimum Gasteiger partial charge on any atom is -0.481 e. The van der Waals surface area contributed by atoms with Crippen molar-refractivity contribution >= 4 is 5.97 Å². The van der Waals surface area contributed by atoms with Crippen LogP contribution in [0, 0.1) is 0 Å². The van der Waals surface area contributed by atoms with Gasteiger partial charge < -0.3 is 10.4 Å². The van der Waals surface area contributed by atoms with E-state index in [1.54, 1.807) is 6.20 Å². The molecule has 114 valence electrons. The van der Waals surface area contributed by atoms with Crippen molar-refractivity contribution in [1.29, 1.82) is 0 Å². The highest BCUT2D eigenvalue weighted by atomic mass is 16.4. The first-order valence-corrected chi connectivity index (χ1v) is 7.50. The van der Waals surface area contributed by atoms with E-state index in [4.69, 9.17) is 5.11 Å². The van der Waals surface area contributed by atoms with Gasteiger partial charge in [0.25, 0.3) is 0 Å². The lowest BCUT2D eigenvalue weighted by Crippen LogP contribution is -2.51. The monoisotopic (exact) mass is 297 g/mol. The topological polar surface area (TPSA) is 75.1 Å². The summed E-state index contributed by atoms with van der Waals surface area (Å²) in [6.45, 7) is 0.642. The third kappa shape index (κ3) is 3.31. The van der Waals surface area contributed by atoms with Gasteiger partial charge in [0, 0.05) is 24.5 Å². The molecule has 0 aliphatic heterocycles. The summed E-state index contributed by atoms with van der Waals surface area (Å²) in [6.07, 6.45) is 6.71. The van der Waals surface area contributed by atoms with Gasteiger partial charge in [-0.2, -0.15) is 0 Å². The SMILES string of the molecule is O=C(O)CC1(NCc2ccc(-c3ccccn3)nc2)CCC1. The van der Waals surface area contributed by atoms with E-state index in [2.05, 4.69) is 15.3 Å². The number of rotatable bonds is 6. The maximum atomic E-state index is 11.0. The Hall–Kier alpha value is -2.27. The number of nitrogens with zero attached hydrogens (tertiary/aromatic N) is 2. The smallest absolute Gasteiger partial charge is 0.305 e. The molecule has 0 bridgehead atoms. The van der Waals surface area contributed by atoms with Crippen LogP contribution in [0.25, 0.3) is 11.4 Å². The molecule has 3 rings (SSSR count). The molecule has 2 N–H and O–H groups in total. The standard InChI is InChI=1S/C17H19N3O2/c21-16(22)10-17(7-3-8-17)20-12-13-5-6-15(19-11-13)14-4-1-2-9-18-14/h1-2,4-6,9,11,20H,3,7-8,10,12H2,(H,21,22). The number of carbonyl (C=O) groups is 1. The normalized spacial score (nSPS) is 16.0. The largest absolute Gasteiger partial charge is 0.481 e. The minimum absolute atomic E-state index is 0.187. The van der Waals surface area contributed by atoms with Crippen LogP contribution in [0.4, 0.5) is 0 Å². The van der Waals surface area contributed by atoms with Crippen LogP contribution in [-0.4, -0.2) is 26.6 Å². The van der Waals surface area contributed by atoms with Crippen LogP contribution in [0.3, 0.4) is 0 Å². The summed E-state index contributed by atoms with van der Waals surface area (Å²) < 4.78 is 0. The maximum absolute atomic E-state index is 11.0. The van der Waals surface area contributed by atoms with Crippen molar-refractivity contribution in [3.8, 4) is 11.4 Å². The van der Waals surface area contributed by atoms with E-state index >= 15 is 0 Å². The maximum Gasteiger partial charge on any atom is 0.305 e. The molecule has 2 aromatic rings. The molecular formula is C17H19N3O2. The predicted molar refractivity (Wildman–Crippen MR) is 83.1 cm³/mol. The lowest BCUT2D eigenvalue weighted by atomic mass is 9.74. The summed E-state index contributed by atoms with van der Waals surface area (Å²) in [5.74, 6) is -0.740. The molecule has 1 aliphatic rings. The molecule has 22 heavy (non-hydrogen) atoms. The second-order valence-electron chi connectivity index (χ2n) is 5.82. The van der Waals surface area contributed by atoms with Crippen LogP contribution in [0.5, 0.6) is 0 Å². The Bertz CT molecular complexity index is 637. The number of carboxylic acid groups (broad SMARTS) is 1. The summed E-state index contributed by atoms with van der Waals surface area (Å²) in [5.41, 5.74) is 2.51. The molecule has 1 aliphatic carbocycles. The molecule has 2 aromatic heterocycles. The summed E-state index contributed by atoms with van der Waals surface area (Å²) in [5, 5.41) is 12.4. The van der Waals surface area contributed by atoms with E-state index in [0.717, 1.165) is 36.2 Å². The van der Waals surface area contributed by atoms with Crippen molar-refractivity contribution in [2.24, 2.45) is 0 Å². The fraction of sp³-hybridized carbons (Fsp3) is 0.353. The Morgan fingerprint density at radius 1 is 1.18 bits per heavy atom. The lowest BCUT2D eigenvalue weighted by molar-refractivity contribution is -0.139. The van der Waals surface area contributed by atoms with Gasteiger partial charge in [-0.05, 0) is 43.0 Å². The van der Waals surface area contributed by atoms with E-state index in [-0.39, 0.29) is 12.0 Å². The number of hydrogen-bond acceptors (Lipinski definition) is 4. The molecule has 1 fully saturated rings. The first-order valence-electron chi connectivity index (χ1n) is 7.50. The van der Waals surface area contributed by atoms with Gasteiger partial charge in [0.05, 0.1) is 17.8 Å². The number of carboxylic acids is 1. The van der Waals surface area contributed by atoms with Crippen molar-refractivity contribution in [2.45, 2.75) is 37.8 Å². The fourth-order valence-corrected chi connectivity index (χ4v) is 2.79. The Kier molecular flexibility index (Phi) is 4.15. The lowest BCUT2D eigenvalue weighted by Gasteiger charge is -2.41. The number of nitrogens with one attached hydrogen (secondary N) is 1. The molecule has 0 amide bonds. The molecule has 0 radical (unpaired) electrons. The average molecular weight is 297 g/mol. The molecule has 2 heterocycles. The van der Waals surface area contributed by atoms with E-state index in [0.29, 0.717) is 6.54 Å². The quantitative estimate of drug-likeness (QED) is 0.857. The van der Waals surface area contributed by atoms with E-state index in [9.17, 15) is 4.79 Å². The zero-order chi connectivity index (χ0) is 15.4. The minimum atomic E-state index is -0.740. The van der Waals surface area contributed by atoms with E-state index in [1.807, 2.05) is 36.5 Å². The summed E-state index contributed by atoms with van der Waals surface area (Å²) in [4.78, 5) is 19.7. The molecule has 5 nitrogen and oxygen atoms in total. The highest BCUT2D eigenvalue weighted by Crippen LogP contribution is 2.35. The second-order valence-corrected chi connectivity index (χ2v) is 5.82. The Labute approximate surface area is 129 Å². The molecule has 0 aromatic carbocycles. The first-order chi connectivity index (χ1) is 10.7. The van der Waals surface area contributed by atoms with Gasteiger partial charge in [-0.15, -0.1) is 0 Å². The molecule has 0 saturated heterocycles. The zero-order valence-corrected chi connectivity index (χ0v) is 12.3. The van der Waals surface area contributed by atoms with Gasteiger partial charge in [-0.25, -0.2) is 0 Å². The predicted octanol–water partition coefficient (Wildman–Crippen LogP) is 2.63. The van der Waals surface area contributed by atoms with Gasteiger partial charge in [-0.1, -0.05) is 12.1 Å². The van der Waals surface area contributed by atoms with Crippen LogP contribution in [0.15, 0.2) is 42.7 Å². The summed E-state index contributed by atoms with van der Waals surface area (Å²) >= 11 is 0. The molecule has 0 spiro atoms. The van der Waals surface area contributed by atoms with Crippen molar-refractivity contribution in [3.05, 3.63) is 48.3 Å². The number of pyridine rings is 2. The molecule has 1 saturated carbocycles. The first kappa shape index (κ1) is 14.7. The molecular weight excluding hydrogens is 278 g/mol. The van der Waals surface area contributed by atoms with Gasteiger partial charge in [0.15, 0.2) is 0 Å². The Morgan fingerprint density at radius 3 is 2.55 bits per heavy atom. The number of hydrogen-bond donors (Lipinski definition) is 2. The van der Waals surface area contributed by atoms with Gasteiger partial charge in [-0.3, -0.25) is 14.8 Å². The highest BCUT2D eigenvalue weighted by Gasteiger charge is 2.38. The second kappa shape index (κ2) is 6.23.